The third-order valence-corrected chi connectivity index (χ3v) is 5.74. The molecule has 24 heavy (non-hydrogen) atoms. The van der Waals surface area contributed by atoms with Crippen LogP contribution in [0.1, 0.15) is 31.7 Å². The highest BCUT2D eigenvalue weighted by Gasteiger charge is 2.46. The fourth-order valence-electron chi connectivity index (χ4n) is 4.59. The molecule has 2 aliphatic heterocycles. The number of piperidine rings is 1. The zero-order valence-electron chi connectivity index (χ0n) is 14.3. The Morgan fingerprint density at radius 1 is 1.54 bits per heavy atom. The Balaban J connectivity index is 2.01. The monoisotopic (exact) mass is 349 g/mol. The summed E-state index contributed by atoms with van der Waals surface area (Å²) in [5, 5.41) is 16.8. The zero-order valence-corrected chi connectivity index (χ0v) is 15.1. The van der Waals surface area contributed by atoms with E-state index in [1.165, 1.54) is 5.56 Å². The average Bonchev–Trinajstić information content (AvgIpc) is 2.56. The Labute approximate surface area is 149 Å². The van der Waals surface area contributed by atoms with Gasteiger partial charge in [0.2, 0.25) is 0 Å². The number of halogens is 1. The lowest BCUT2D eigenvalue weighted by atomic mass is 9.45. The largest absolute Gasteiger partial charge is 0.446 e. The third-order valence-electron chi connectivity index (χ3n) is 5.51. The lowest BCUT2D eigenvalue weighted by Crippen LogP contribution is -2.74. The number of hydrazine groups is 1. The van der Waals surface area contributed by atoms with Crippen molar-refractivity contribution in [3.05, 3.63) is 40.7 Å². The van der Waals surface area contributed by atoms with E-state index in [-0.39, 0.29) is 11.5 Å². The molecule has 1 fully saturated rings. The Morgan fingerprint density at radius 3 is 3.04 bits per heavy atom. The van der Waals surface area contributed by atoms with E-state index in [2.05, 4.69) is 23.7 Å². The third kappa shape index (κ3) is 3.21. The van der Waals surface area contributed by atoms with E-state index in [0.717, 1.165) is 36.7 Å². The van der Waals surface area contributed by atoms with Gasteiger partial charge in [0.15, 0.2) is 0 Å². The van der Waals surface area contributed by atoms with E-state index < -0.39 is 6.92 Å². The van der Waals surface area contributed by atoms with E-state index in [0.29, 0.717) is 11.1 Å². The number of fused-ring (bicyclic) bond motifs is 2. The van der Waals surface area contributed by atoms with E-state index in [9.17, 15) is 5.02 Å². The number of nitrogens with one attached hydrogen (secondary N) is 2. The SMILES string of the molecule is C[NH2+]/C=C(\NN)[C@@H]1CC2(CCB(O)c3cc(Cl)ccc32)C[C@H](C)N1. The van der Waals surface area contributed by atoms with E-state index in [4.69, 9.17) is 17.4 Å². The van der Waals surface area contributed by atoms with Gasteiger partial charge in [-0.15, -0.1) is 0 Å². The van der Waals surface area contributed by atoms with Crippen molar-refractivity contribution >= 4 is 24.0 Å². The highest BCUT2D eigenvalue weighted by atomic mass is 35.5. The van der Waals surface area contributed by atoms with Gasteiger partial charge in [-0.25, -0.2) is 0 Å². The molecule has 1 unspecified atom stereocenters. The maximum Gasteiger partial charge on any atom is 0.324 e. The van der Waals surface area contributed by atoms with Crippen LogP contribution in [0, 0.1) is 0 Å². The summed E-state index contributed by atoms with van der Waals surface area (Å²) in [4.78, 5) is 0. The first-order chi connectivity index (χ1) is 11.5. The summed E-state index contributed by atoms with van der Waals surface area (Å²) in [7, 11) is 1.99. The van der Waals surface area contributed by atoms with Crippen molar-refractivity contribution in [3.8, 4) is 0 Å². The number of benzene rings is 1. The molecule has 3 atom stereocenters. The van der Waals surface area contributed by atoms with E-state index in [1.807, 2.05) is 30.7 Å². The van der Waals surface area contributed by atoms with Gasteiger partial charge < -0.3 is 21.1 Å². The quantitative estimate of drug-likeness (QED) is 0.297. The predicted octanol–water partition coefficient (Wildman–Crippen LogP) is -0.189. The molecule has 1 spiro atoms. The molecule has 0 saturated carbocycles. The Bertz CT molecular complexity index is 641. The number of quaternary nitrogens is 1. The second kappa shape index (κ2) is 7.06. The van der Waals surface area contributed by atoms with Gasteiger partial charge in [-0.1, -0.05) is 17.7 Å². The molecule has 2 aliphatic rings. The molecule has 0 bridgehead atoms. The van der Waals surface area contributed by atoms with Crippen LogP contribution in [-0.4, -0.2) is 31.1 Å². The summed E-state index contributed by atoms with van der Waals surface area (Å²) >= 11 is 6.18. The van der Waals surface area contributed by atoms with Gasteiger partial charge in [-0.2, -0.15) is 0 Å². The van der Waals surface area contributed by atoms with E-state index in [1.54, 1.807) is 0 Å². The minimum atomic E-state index is -0.417. The van der Waals surface area contributed by atoms with Crippen molar-refractivity contribution in [3.63, 3.8) is 0 Å². The number of hydrogen-bond acceptors (Lipinski definition) is 4. The molecular formula is C17H27BClN4O+. The number of nitrogens with two attached hydrogens (primary N) is 2. The van der Waals surface area contributed by atoms with Gasteiger partial charge in [0.05, 0.1) is 18.8 Å². The highest BCUT2D eigenvalue weighted by molar-refractivity contribution is 6.67. The van der Waals surface area contributed by atoms with Crippen molar-refractivity contribution in [2.24, 2.45) is 5.84 Å². The van der Waals surface area contributed by atoms with Crippen LogP contribution in [-0.2, 0) is 5.41 Å². The Hall–Kier alpha value is -1.05. The summed E-state index contributed by atoms with van der Waals surface area (Å²) in [5.74, 6) is 5.75. The summed E-state index contributed by atoms with van der Waals surface area (Å²) < 4.78 is 0. The van der Waals surface area contributed by atoms with Gasteiger partial charge in [-0.05, 0) is 61.1 Å². The second-order valence-electron chi connectivity index (χ2n) is 7.19. The van der Waals surface area contributed by atoms with Crippen molar-refractivity contribution < 1.29 is 10.3 Å². The fraction of sp³-hybridized carbons (Fsp3) is 0.529. The average molecular weight is 350 g/mol. The molecule has 1 aromatic carbocycles. The molecule has 0 radical (unpaired) electrons. The van der Waals surface area contributed by atoms with Crippen LogP contribution in [0.5, 0.6) is 0 Å². The van der Waals surface area contributed by atoms with Crippen molar-refractivity contribution in [2.45, 2.75) is 50.0 Å². The molecule has 1 saturated heterocycles. The van der Waals surface area contributed by atoms with Crippen LogP contribution < -0.4 is 27.4 Å². The molecule has 130 valence electrons. The van der Waals surface area contributed by atoms with Gasteiger partial charge in [0.25, 0.3) is 0 Å². The highest BCUT2D eigenvalue weighted by Crippen LogP contribution is 2.44. The summed E-state index contributed by atoms with van der Waals surface area (Å²) in [6.07, 6.45) is 5.81. The maximum atomic E-state index is 10.4. The fourth-order valence-corrected chi connectivity index (χ4v) is 4.77. The lowest BCUT2D eigenvalue weighted by Gasteiger charge is -2.48. The molecule has 3 rings (SSSR count). The molecule has 0 amide bonds. The van der Waals surface area contributed by atoms with E-state index >= 15 is 0 Å². The number of rotatable bonds is 3. The summed E-state index contributed by atoms with van der Waals surface area (Å²) in [5.41, 5.74) is 6.16. The summed E-state index contributed by atoms with van der Waals surface area (Å²) in [6.45, 7) is 1.80. The van der Waals surface area contributed by atoms with Crippen LogP contribution in [0.4, 0.5) is 0 Å². The smallest absolute Gasteiger partial charge is 0.324 e. The molecular weight excluding hydrogens is 322 g/mol. The molecule has 0 aromatic heterocycles. The maximum absolute atomic E-state index is 10.4. The minimum Gasteiger partial charge on any atom is -0.446 e. The van der Waals surface area contributed by atoms with Crippen molar-refractivity contribution in [1.29, 1.82) is 0 Å². The van der Waals surface area contributed by atoms with Gasteiger partial charge in [-0.3, -0.25) is 5.84 Å². The van der Waals surface area contributed by atoms with Gasteiger partial charge in [0.1, 0.15) is 6.20 Å². The first-order valence-electron chi connectivity index (χ1n) is 8.69. The van der Waals surface area contributed by atoms with Gasteiger partial charge in [0, 0.05) is 11.1 Å². The normalized spacial score (nSPS) is 30.4. The van der Waals surface area contributed by atoms with Crippen LogP contribution in [0.2, 0.25) is 11.3 Å². The Kier molecular flexibility index (Phi) is 5.23. The van der Waals surface area contributed by atoms with Crippen molar-refractivity contribution in [1.82, 2.24) is 10.7 Å². The molecule has 2 heterocycles. The molecule has 1 aromatic rings. The van der Waals surface area contributed by atoms with Crippen LogP contribution >= 0.6 is 11.6 Å². The number of hydrogen-bond donors (Lipinski definition) is 5. The molecule has 7 heteroatoms. The lowest BCUT2D eigenvalue weighted by molar-refractivity contribution is -0.557. The molecule has 7 N–H and O–H groups in total. The molecule has 0 aliphatic carbocycles. The second-order valence-corrected chi connectivity index (χ2v) is 7.63. The van der Waals surface area contributed by atoms with Crippen LogP contribution in [0.15, 0.2) is 30.1 Å². The van der Waals surface area contributed by atoms with Crippen LogP contribution in [0.25, 0.3) is 0 Å². The first kappa shape index (κ1) is 17.8. The summed E-state index contributed by atoms with van der Waals surface area (Å²) in [6, 6.07) is 6.53. The predicted molar refractivity (Wildman–Crippen MR) is 99.0 cm³/mol. The zero-order chi connectivity index (χ0) is 17.3. The topological polar surface area (TPSA) is 86.9 Å². The molecule has 5 nitrogen and oxygen atoms in total. The standard InChI is InChI=1S/C17H26BClN4O/c1-11-8-17(9-15(22-11)16(23-20)10-21-2)5-6-18(24)14-7-12(19)3-4-13(14)17/h3-4,7,10-11,15,21-24H,5-6,8-9,20H2,1-2H3/p+1/b16-10-/t11-,15-,17?/m0/s1. The van der Waals surface area contributed by atoms with Crippen molar-refractivity contribution in [2.75, 3.05) is 7.05 Å². The minimum absolute atomic E-state index is 0.0537. The van der Waals surface area contributed by atoms with Crippen LogP contribution in [0.3, 0.4) is 0 Å². The van der Waals surface area contributed by atoms with Gasteiger partial charge >= 0.3 is 6.92 Å². The Morgan fingerprint density at radius 2 is 2.33 bits per heavy atom. The first-order valence-corrected chi connectivity index (χ1v) is 9.07.